The summed E-state index contributed by atoms with van der Waals surface area (Å²) in [5, 5.41) is 0.803. The summed E-state index contributed by atoms with van der Waals surface area (Å²) in [5.74, 6) is 0.638. The lowest BCUT2D eigenvalue weighted by Crippen LogP contribution is -2.35. The first-order valence-corrected chi connectivity index (χ1v) is 6.32. The number of nitrogens with zero attached hydrogens (tertiary/aromatic N) is 2. The third-order valence-corrected chi connectivity index (χ3v) is 3.44. The molecule has 1 aromatic rings. The molecule has 2 N–H and O–H groups in total. The predicted octanol–water partition coefficient (Wildman–Crippen LogP) is 2.91. The standard InChI is InChI=1S/C13H18ClN3.HI/c1-17(11-6-7-11)13(15)16-9-8-10-4-2-3-5-12(10)14;/h2-5,11H,6-9H2,1H3,(H2,15,16);1H. The van der Waals surface area contributed by atoms with E-state index in [1.165, 1.54) is 12.8 Å². The normalized spacial score (nSPS) is 15.1. The first-order valence-electron chi connectivity index (χ1n) is 5.94. The van der Waals surface area contributed by atoms with Crippen LogP contribution in [-0.2, 0) is 6.42 Å². The molecule has 1 saturated carbocycles. The van der Waals surface area contributed by atoms with Gasteiger partial charge in [-0.1, -0.05) is 29.8 Å². The molecule has 0 amide bonds. The summed E-state index contributed by atoms with van der Waals surface area (Å²) in [5.41, 5.74) is 7.03. The van der Waals surface area contributed by atoms with Crippen LogP contribution in [-0.4, -0.2) is 30.5 Å². The second-order valence-electron chi connectivity index (χ2n) is 4.42. The van der Waals surface area contributed by atoms with Crippen LogP contribution in [0.3, 0.4) is 0 Å². The Bertz CT molecular complexity index is 418. The molecule has 18 heavy (non-hydrogen) atoms. The predicted molar refractivity (Wildman–Crippen MR) is 87.8 cm³/mol. The smallest absolute Gasteiger partial charge is 0.191 e. The van der Waals surface area contributed by atoms with Gasteiger partial charge in [0.2, 0.25) is 0 Å². The molecular formula is C13H19ClIN3. The minimum Gasteiger partial charge on any atom is -0.370 e. The highest BCUT2D eigenvalue weighted by Crippen LogP contribution is 2.24. The Morgan fingerprint density at radius 3 is 2.72 bits per heavy atom. The number of guanidine groups is 1. The molecular weight excluding hydrogens is 361 g/mol. The van der Waals surface area contributed by atoms with E-state index in [9.17, 15) is 0 Å². The zero-order valence-corrected chi connectivity index (χ0v) is 13.6. The number of aliphatic imine (C=N–C) groups is 1. The van der Waals surface area contributed by atoms with Gasteiger partial charge in [0.05, 0.1) is 0 Å². The van der Waals surface area contributed by atoms with Crippen molar-refractivity contribution in [2.45, 2.75) is 25.3 Å². The minimum absolute atomic E-state index is 0. The summed E-state index contributed by atoms with van der Waals surface area (Å²) < 4.78 is 0. The van der Waals surface area contributed by atoms with E-state index in [0.717, 1.165) is 17.0 Å². The van der Waals surface area contributed by atoms with E-state index in [2.05, 4.69) is 9.89 Å². The molecule has 1 fully saturated rings. The fourth-order valence-electron chi connectivity index (χ4n) is 1.75. The molecule has 0 atom stereocenters. The van der Waals surface area contributed by atoms with Crippen molar-refractivity contribution < 1.29 is 0 Å². The average molecular weight is 380 g/mol. The van der Waals surface area contributed by atoms with Crippen LogP contribution in [0.1, 0.15) is 18.4 Å². The third kappa shape index (κ3) is 4.31. The lowest BCUT2D eigenvalue weighted by molar-refractivity contribution is 0.487. The second-order valence-corrected chi connectivity index (χ2v) is 4.83. The lowest BCUT2D eigenvalue weighted by atomic mass is 10.1. The van der Waals surface area contributed by atoms with Gasteiger partial charge in [0.1, 0.15) is 0 Å². The van der Waals surface area contributed by atoms with Gasteiger partial charge >= 0.3 is 0 Å². The van der Waals surface area contributed by atoms with Gasteiger partial charge in [-0.3, -0.25) is 4.99 Å². The van der Waals surface area contributed by atoms with Gasteiger partial charge in [0.25, 0.3) is 0 Å². The SMILES string of the molecule is CN(C(N)=NCCc1ccccc1Cl)C1CC1.I. The Hall–Kier alpha value is -0.490. The van der Waals surface area contributed by atoms with Crippen molar-refractivity contribution in [3.8, 4) is 0 Å². The van der Waals surface area contributed by atoms with Gasteiger partial charge in [0.15, 0.2) is 5.96 Å². The summed E-state index contributed by atoms with van der Waals surface area (Å²) in [4.78, 5) is 6.45. The molecule has 1 aliphatic carbocycles. The highest BCUT2D eigenvalue weighted by molar-refractivity contribution is 14.0. The highest BCUT2D eigenvalue weighted by Gasteiger charge is 2.27. The zero-order valence-electron chi connectivity index (χ0n) is 10.5. The van der Waals surface area contributed by atoms with Crippen molar-refractivity contribution in [2.75, 3.05) is 13.6 Å². The molecule has 0 unspecified atom stereocenters. The molecule has 0 bridgehead atoms. The summed E-state index contributed by atoms with van der Waals surface area (Å²) in [7, 11) is 2.01. The molecule has 3 nitrogen and oxygen atoms in total. The summed E-state index contributed by atoms with van der Waals surface area (Å²) in [6, 6.07) is 8.47. The summed E-state index contributed by atoms with van der Waals surface area (Å²) in [6.07, 6.45) is 3.30. The Morgan fingerprint density at radius 2 is 2.11 bits per heavy atom. The molecule has 0 heterocycles. The number of nitrogens with two attached hydrogens (primary N) is 1. The molecule has 1 aliphatic rings. The monoisotopic (exact) mass is 379 g/mol. The summed E-state index contributed by atoms with van der Waals surface area (Å²) in [6.45, 7) is 0.687. The molecule has 5 heteroatoms. The number of rotatable bonds is 4. The first kappa shape index (κ1) is 15.6. The Labute approximate surface area is 130 Å². The van der Waals surface area contributed by atoms with Crippen LogP contribution in [0.25, 0.3) is 0 Å². The minimum atomic E-state index is 0. The molecule has 0 radical (unpaired) electrons. The average Bonchev–Trinajstić information content (AvgIpc) is 3.14. The van der Waals surface area contributed by atoms with Crippen molar-refractivity contribution in [1.29, 1.82) is 0 Å². The quantitative estimate of drug-likeness (QED) is 0.496. The van der Waals surface area contributed by atoms with Gasteiger partial charge in [-0.25, -0.2) is 0 Å². The van der Waals surface area contributed by atoms with Crippen molar-refractivity contribution in [3.05, 3.63) is 34.9 Å². The van der Waals surface area contributed by atoms with Crippen LogP contribution in [0, 0.1) is 0 Å². The van der Waals surface area contributed by atoms with Gasteiger partial charge in [0, 0.05) is 24.7 Å². The Kier molecular flexibility index (Phi) is 6.21. The summed E-state index contributed by atoms with van der Waals surface area (Å²) >= 11 is 6.07. The van der Waals surface area contributed by atoms with Gasteiger partial charge in [-0.15, -0.1) is 24.0 Å². The number of benzene rings is 1. The highest BCUT2D eigenvalue weighted by atomic mass is 127. The molecule has 1 aromatic carbocycles. The molecule has 2 rings (SSSR count). The van der Waals surface area contributed by atoms with Crippen LogP contribution < -0.4 is 5.73 Å². The number of halogens is 2. The fraction of sp³-hybridized carbons (Fsp3) is 0.462. The van der Waals surface area contributed by atoms with Crippen LogP contribution in [0.2, 0.25) is 5.02 Å². The molecule has 0 aliphatic heterocycles. The van der Waals surface area contributed by atoms with E-state index in [4.69, 9.17) is 17.3 Å². The van der Waals surface area contributed by atoms with E-state index >= 15 is 0 Å². The van der Waals surface area contributed by atoms with E-state index in [-0.39, 0.29) is 24.0 Å². The maximum atomic E-state index is 6.07. The first-order chi connectivity index (χ1) is 8.18. The van der Waals surface area contributed by atoms with E-state index in [1.807, 2.05) is 31.3 Å². The van der Waals surface area contributed by atoms with E-state index < -0.39 is 0 Å². The fourth-order valence-corrected chi connectivity index (χ4v) is 1.98. The molecule has 0 aromatic heterocycles. The van der Waals surface area contributed by atoms with Gasteiger partial charge in [-0.05, 0) is 30.9 Å². The van der Waals surface area contributed by atoms with Crippen LogP contribution in [0.15, 0.2) is 29.3 Å². The lowest BCUT2D eigenvalue weighted by Gasteiger charge is -2.16. The van der Waals surface area contributed by atoms with Crippen molar-refractivity contribution >= 4 is 41.5 Å². The van der Waals surface area contributed by atoms with Gasteiger partial charge < -0.3 is 10.6 Å². The Balaban J connectivity index is 0.00000162. The topological polar surface area (TPSA) is 41.6 Å². The zero-order chi connectivity index (χ0) is 12.3. The van der Waals surface area contributed by atoms with Crippen molar-refractivity contribution in [3.63, 3.8) is 0 Å². The third-order valence-electron chi connectivity index (χ3n) is 3.07. The van der Waals surface area contributed by atoms with Gasteiger partial charge in [-0.2, -0.15) is 0 Å². The number of hydrogen-bond acceptors (Lipinski definition) is 1. The van der Waals surface area contributed by atoms with E-state index in [1.54, 1.807) is 0 Å². The van der Waals surface area contributed by atoms with Crippen molar-refractivity contribution in [2.24, 2.45) is 10.7 Å². The molecule has 0 spiro atoms. The maximum Gasteiger partial charge on any atom is 0.191 e. The van der Waals surface area contributed by atoms with Crippen LogP contribution in [0.5, 0.6) is 0 Å². The van der Waals surface area contributed by atoms with E-state index in [0.29, 0.717) is 18.5 Å². The maximum absolute atomic E-state index is 6.07. The largest absolute Gasteiger partial charge is 0.370 e. The second kappa shape index (κ2) is 7.19. The molecule has 100 valence electrons. The number of hydrogen-bond donors (Lipinski definition) is 1. The van der Waals surface area contributed by atoms with Crippen molar-refractivity contribution in [1.82, 2.24) is 4.90 Å². The Morgan fingerprint density at radius 1 is 1.44 bits per heavy atom. The van der Waals surface area contributed by atoms with Crippen LogP contribution in [0.4, 0.5) is 0 Å². The van der Waals surface area contributed by atoms with Crippen LogP contribution >= 0.6 is 35.6 Å². The molecule has 0 saturated heterocycles.